The van der Waals surface area contributed by atoms with Gasteiger partial charge in [-0.3, -0.25) is 0 Å². The third kappa shape index (κ3) is 2.50. The Hall–Kier alpha value is -0.557. The number of aliphatic hydroxyl groups excluding tert-OH is 2. The van der Waals surface area contributed by atoms with E-state index in [1.165, 1.54) is 10.8 Å². The van der Waals surface area contributed by atoms with E-state index in [1.807, 2.05) is 0 Å². The van der Waals surface area contributed by atoms with Crippen LogP contribution in [0.1, 0.15) is 12.6 Å². The average molecular weight is 437 g/mol. The molecule has 1 aromatic rings. The zero-order valence-electron chi connectivity index (χ0n) is 8.67. The van der Waals surface area contributed by atoms with Gasteiger partial charge in [0.05, 0.1) is 0 Å². The molecule has 3 N–H and O–H groups in total. The number of rotatable bonds is 2. The third-order valence-electron chi connectivity index (χ3n) is 2.62. The summed E-state index contributed by atoms with van der Waals surface area (Å²) in [5.74, 6) is 0. The number of ether oxygens (including phenoxy) is 1. The number of hydrogen-bond donors (Lipinski definition) is 3. The second-order valence-corrected chi connectivity index (χ2v) is 5.34. The first-order chi connectivity index (χ1) is 8.02. The van der Waals surface area contributed by atoms with Crippen LogP contribution in [0.15, 0.2) is 15.8 Å². The van der Waals surface area contributed by atoms with Crippen molar-refractivity contribution in [2.45, 2.75) is 24.9 Å². The Morgan fingerprint density at radius 3 is 2.88 bits per heavy atom. The van der Waals surface area contributed by atoms with Crippen LogP contribution >= 0.6 is 0 Å². The van der Waals surface area contributed by atoms with Crippen LogP contribution in [0.3, 0.4) is 0 Å². The monoisotopic (exact) mass is 437 g/mol. The number of nitrogens with one attached hydrogen (secondary N) is 1. The van der Waals surface area contributed by atoms with Crippen molar-refractivity contribution in [1.82, 2.24) is 9.55 Å². The van der Waals surface area contributed by atoms with Gasteiger partial charge < -0.3 is 0 Å². The van der Waals surface area contributed by atoms with Gasteiger partial charge in [-0.2, -0.15) is 0 Å². The van der Waals surface area contributed by atoms with Crippen molar-refractivity contribution < 1.29 is 39.7 Å². The van der Waals surface area contributed by atoms with Crippen LogP contribution in [0, 0.1) is 24.7 Å². The molecule has 0 aromatic carbocycles. The van der Waals surface area contributed by atoms with Crippen LogP contribution < -0.4 is 14.5 Å². The molecule has 0 saturated carbocycles. The Morgan fingerprint density at radius 2 is 2.29 bits per heavy atom. The number of H-pyrrole nitrogens is 1. The number of aromatic amines is 1. The van der Waals surface area contributed by atoms with E-state index < -0.39 is 29.7 Å². The van der Waals surface area contributed by atoms with Crippen molar-refractivity contribution in [1.29, 1.82) is 0 Å². The molecule has 1 aromatic heterocycles. The minimum atomic E-state index is -0.811. The summed E-state index contributed by atoms with van der Waals surface area (Å²) in [5, 5.41) is 18.5. The molecule has 17 heavy (non-hydrogen) atoms. The van der Waals surface area contributed by atoms with E-state index in [2.05, 4.69) is 4.98 Å². The summed E-state index contributed by atoms with van der Waals surface area (Å²) in [6.45, 7) is -0.307. The Morgan fingerprint density at radius 1 is 1.59 bits per heavy atom. The summed E-state index contributed by atoms with van der Waals surface area (Å²) in [6, 6.07) is 0. The molecular formula is C9H11AtN2O5. The maximum absolute atomic E-state index is 11.6. The molecule has 1 fully saturated rings. The predicted molar refractivity (Wildman–Crippen MR) is 52.6 cm³/mol. The molecule has 2 heterocycles. The molecule has 0 aliphatic carbocycles. The Kier molecular flexibility index (Phi) is 3.77. The SMILES string of the molecule is O=c1[nH]c(=O)n([C@H]2C[C@H](O)[C@@H](CO)O2)cc1[At]. The van der Waals surface area contributed by atoms with Gasteiger partial charge in [0, 0.05) is 0 Å². The second kappa shape index (κ2) is 4.98. The van der Waals surface area contributed by atoms with Crippen LogP contribution in [0.25, 0.3) is 0 Å². The second-order valence-electron chi connectivity index (χ2n) is 3.76. The molecule has 8 heteroatoms. The van der Waals surface area contributed by atoms with Crippen LogP contribution in [-0.2, 0) is 4.74 Å². The molecule has 0 amide bonds. The molecule has 0 unspecified atom stereocenters. The molecule has 1 saturated heterocycles. The van der Waals surface area contributed by atoms with Gasteiger partial charge >= 0.3 is 111 Å². The molecular weight excluding hydrogens is 426 g/mol. The van der Waals surface area contributed by atoms with Crippen LogP contribution in [0.4, 0.5) is 0 Å². The van der Waals surface area contributed by atoms with Gasteiger partial charge in [-0.1, -0.05) is 0 Å². The average Bonchev–Trinajstić information content (AvgIpc) is 2.65. The Bertz CT molecular complexity index is 525. The van der Waals surface area contributed by atoms with Gasteiger partial charge in [-0.25, -0.2) is 0 Å². The van der Waals surface area contributed by atoms with E-state index in [1.54, 1.807) is 0 Å². The van der Waals surface area contributed by atoms with E-state index in [-0.39, 0.29) is 13.0 Å². The van der Waals surface area contributed by atoms with Crippen molar-refractivity contribution in [3.8, 4) is 0 Å². The van der Waals surface area contributed by atoms with Gasteiger partial charge in [0.15, 0.2) is 0 Å². The molecule has 94 valence electrons. The number of nitrogens with zero attached hydrogens (tertiary/aromatic N) is 1. The first-order valence-corrected chi connectivity index (χ1v) is 6.45. The van der Waals surface area contributed by atoms with Crippen molar-refractivity contribution >= 4 is 3.27 Å². The molecule has 7 nitrogen and oxygen atoms in total. The van der Waals surface area contributed by atoms with Gasteiger partial charge in [0.2, 0.25) is 0 Å². The zero-order chi connectivity index (χ0) is 12.6. The number of hydrogen-bond acceptors (Lipinski definition) is 5. The molecule has 0 bridgehead atoms. The van der Waals surface area contributed by atoms with E-state index in [0.29, 0.717) is 3.27 Å². The molecule has 0 radical (unpaired) electrons. The third-order valence-corrected chi connectivity index (χ3v) is 3.67. The summed E-state index contributed by atoms with van der Waals surface area (Å²) in [5.41, 5.74) is -0.994. The Labute approximate surface area is 111 Å². The van der Waals surface area contributed by atoms with Gasteiger partial charge in [0.25, 0.3) is 0 Å². The molecule has 1 aliphatic heterocycles. The summed E-state index contributed by atoms with van der Waals surface area (Å²) in [4.78, 5) is 25.0. The fourth-order valence-corrected chi connectivity index (χ4v) is 2.32. The van der Waals surface area contributed by atoms with E-state index in [9.17, 15) is 14.7 Å². The first-order valence-electron chi connectivity index (χ1n) is 4.98. The van der Waals surface area contributed by atoms with Crippen LogP contribution in [-0.4, -0.2) is 38.6 Å². The standard InChI is InChI=1S/C9H11AtN2O5/c10-4-2-12(9(16)11-8(4)15)7-1-5(14)6(3-13)17-7/h2,5-7,13-14H,1,3H2,(H,11,15,16)/t5-,6+,7+/m0/s1. The van der Waals surface area contributed by atoms with Gasteiger partial charge in [0.1, 0.15) is 0 Å². The van der Waals surface area contributed by atoms with Crippen molar-refractivity contribution in [2.75, 3.05) is 6.61 Å². The summed E-state index contributed by atoms with van der Waals surface area (Å²) in [6.07, 6.45) is -0.532. The van der Waals surface area contributed by atoms with Crippen molar-refractivity contribution in [2.24, 2.45) is 0 Å². The summed E-state index contributed by atoms with van der Waals surface area (Å²) in [7, 11) is 0. The first kappa shape index (κ1) is 12.9. The molecule has 0 spiro atoms. The van der Waals surface area contributed by atoms with E-state index in [0.717, 1.165) is 24.7 Å². The van der Waals surface area contributed by atoms with Crippen molar-refractivity contribution in [3.63, 3.8) is 0 Å². The normalized spacial score (nSPS) is 28.5. The number of aromatic nitrogens is 2. The topological polar surface area (TPSA) is 105 Å². The maximum atomic E-state index is 11.6. The van der Waals surface area contributed by atoms with Crippen molar-refractivity contribution in [3.05, 3.63) is 27.0 Å². The molecule has 1 aliphatic rings. The quantitative estimate of drug-likeness (QED) is 0.469. The van der Waals surface area contributed by atoms with Crippen LogP contribution in [0.2, 0.25) is 0 Å². The van der Waals surface area contributed by atoms with E-state index >= 15 is 0 Å². The fourth-order valence-electron chi connectivity index (χ4n) is 1.72. The number of aliphatic hydroxyl groups is 2. The molecule has 2 rings (SSSR count). The minimum absolute atomic E-state index is 0.211. The predicted octanol–water partition coefficient (Wildman–Crippen LogP) is -2.65. The van der Waals surface area contributed by atoms with Gasteiger partial charge in [-0.05, 0) is 0 Å². The molecule has 3 atom stereocenters. The van der Waals surface area contributed by atoms with Crippen LogP contribution in [0.5, 0.6) is 0 Å². The summed E-state index contributed by atoms with van der Waals surface area (Å²) < 4.78 is 7.00. The van der Waals surface area contributed by atoms with E-state index in [4.69, 9.17) is 9.84 Å². The summed E-state index contributed by atoms with van der Waals surface area (Å²) >= 11 is 1.15. The fraction of sp³-hybridized carbons (Fsp3) is 0.556. The zero-order valence-corrected chi connectivity index (χ0v) is 11.6. The van der Waals surface area contributed by atoms with Gasteiger partial charge in [-0.15, -0.1) is 0 Å². The Balaban J connectivity index is 2.34.